The number of rotatable bonds is 4. The Balaban J connectivity index is 1.66. The molecule has 0 aromatic heterocycles. The molecular formula is C18H25BrN4O4. The maximum atomic E-state index is 12.9. The van der Waals surface area contributed by atoms with Gasteiger partial charge in [0.1, 0.15) is 0 Å². The lowest BCUT2D eigenvalue weighted by atomic mass is 10.0. The fourth-order valence-corrected chi connectivity index (χ4v) is 4.31. The summed E-state index contributed by atoms with van der Waals surface area (Å²) < 4.78 is 5.52. The topological polar surface area (TPSA) is 79.2 Å². The minimum Gasteiger partial charge on any atom is -0.490 e. The lowest BCUT2D eigenvalue weighted by Gasteiger charge is -2.42. The third-order valence-electron chi connectivity index (χ3n) is 5.50. The maximum absolute atomic E-state index is 12.9. The molecule has 2 fully saturated rings. The van der Waals surface area contributed by atoms with Gasteiger partial charge in [0.25, 0.3) is 5.91 Å². The van der Waals surface area contributed by atoms with Gasteiger partial charge >= 0.3 is 5.69 Å². The molecule has 1 aromatic carbocycles. The summed E-state index contributed by atoms with van der Waals surface area (Å²) in [5, 5.41) is 11.1. The third-order valence-corrected chi connectivity index (χ3v) is 6.16. The van der Waals surface area contributed by atoms with Gasteiger partial charge in [0, 0.05) is 61.9 Å². The summed E-state index contributed by atoms with van der Waals surface area (Å²) in [6, 6.07) is 3.32. The van der Waals surface area contributed by atoms with Crippen LogP contribution in [0.25, 0.3) is 0 Å². The number of hydrogen-bond acceptors (Lipinski definition) is 6. The molecule has 0 saturated carbocycles. The van der Waals surface area contributed by atoms with Crippen molar-refractivity contribution in [1.82, 2.24) is 14.7 Å². The van der Waals surface area contributed by atoms with Gasteiger partial charge in [-0.05, 0) is 35.8 Å². The van der Waals surface area contributed by atoms with Gasteiger partial charge in [-0.3, -0.25) is 19.8 Å². The van der Waals surface area contributed by atoms with Crippen molar-refractivity contribution in [2.45, 2.75) is 18.9 Å². The highest BCUT2D eigenvalue weighted by molar-refractivity contribution is 9.10. The number of methoxy groups -OCH3 is 1. The van der Waals surface area contributed by atoms with Crippen molar-refractivity contribution in [3.63, 3.8) is 0 Å². The molecule has 148 valence electrons. The molecule has 1 aromatic rings. The highest BCUT2D eigenvalue weighted by Crippen LogP contribution is 2.34. The van der Waals surface area contributed by atoms with Crippen molar-refractivity contribution >= 4 is 27.5 Å². The second kappa shape index (κ2) is 8.53. The predicted molar refractivity (Wildman–Crippen MR) is 105 cm³/mol. The first kappa shape index (κ1) is 20.0. The lowest BCUT2D eigenvalue weighted by Crippen LogP contribution is -2.53. The molecular weight excluding hydrogens is 416 g/mol. The number of hydrogen-bond donors (Lipinski definition) is 0. The number of nitro benzene ring substituents is 1. The van der Waals surface area contributed by atoms with Gasteiger partial charge < -0.3 is 14.5 Å². The van der Waals surface area contributed by atoms with Crippen LogP contribution in [0.15, 0.2) is 16.6 Å². The Morgan fingerprint density at radius 1 is 1.19 bits per heavy atom. The number of halogens is 1. The molecule has 0 atom stereocenters. The van der Waals surface area contributed by atoms with E-state index in [0.29, 0.717) is 29.2 Å². The summed E-state index contributed by atoms with van der Waals surface area (Å²) in [5.41, 5.74) is 0.241. The Morgan fingerprint density at radius 2 is 1.81 bits per heavy atom. The Kier molecular flexibility index (Phi) is 6.33. The molecule has 9 heteroatoms. The highest BCUT2D eigenvalue weighted by atomic mass is 79.9. The predicted octanol–water partition coefficient (Wildman–Crippen LogP) is 2.22. The molecule has 2 saturated heterocycles. The molecule has 0 radical (unpaired) electrons. The number of amides is 1. The minimum atomic E-state index is -0.514. The summed E-state index contributed by atoms with van der Waals surface area (Å²) >= 11 is 3.31. The second-order valence-corrected chi connectivity index (χ2v) is 7.98. The van der Waals surface area contributed by atoms with Crippen molar-refractivity contribution in [1.29, 1.82) is 0 Å². The number of piperazine rings is 1. The van der Waals surface area contributed by atoms with Gasteiger partial charge in [0.2, 0.25) is 0 Å². The number of carbonyl (C=O) groups is 1. The summed E-state index contributed by atoms with van der Waals surface area (Å²) in [5.74, 6) is -0.0224. The van der Waals surface area contributed by atoms with Crippen LogP contribution in [-0.2, 0) is 0 Å². The molecule has 0 N–H and O–H groups in total. The molecule has 3 rings (SSSR count). The average Bonchev–Trinajstić information content (AvgIpc) is 2.68. The number of likely N-dealkylation sites (tertiary alicyclic amines) is 1. The highest BCUT2D eigenvalue weighted by Gasteiger charge is 2.30. The largest absolute Gasteiger partial charge is 0.490 e. The zero-order chi connectivity index (χ0) is 19.6. The van der Waals surface area contributed by atoms with E-state index in [2.05, 4.69) is 32.8 Å². The van der Waals surface area contributed by atoms with E-state index in [0.717, 1.165) is 39.0 Å². The van der Waals surface area contributed by atoms with Gasteiger partial charge in [0.15, 0.2) is 5.75 Å². The van der Waals surface area contributed by atoms with Crippen LogP contribution in [-0.4, -0.2) is 85.0 Å². The Morgan fingerprint density at radius 3 is 2.37 bits per heavy atom. The first-order chi connectivity index (χ1) is 12.9. The van der Waals surface area contributed by atoms with E-state index >= 15 is 0 Å². The van der Waals surface area contributed by atoms with Crippen molar-refractivity contribution in [3.05, 3.63) is 32.3 Å². The number of ether oxygens (including phenoxy) is 1. The van der Waals surface area contributed by atoms with Crippen molar-refractivity contribution in [2.24, 2.45) is 0 Å². The SMILES string of the molecule is COc1cc(C(=O)N2CCC(N3CCN(C)CC3)CC2)c(Br)cc1[N+](=O)[O-]. The van der Waals surface area contributed by atoms with E-state index in [1.54, 1.807) is 0 Å². The van der Waals surface area contributed by atoms with Crippen LogP contribution in [0.2, 0.25) is 0 Å². The Labute approximate surface area is 167 Å². The Hall–Kier alpha value is -1.71. The normalized spacial score (nSPS) is 19.9. The average molecular weight is 441 g/mol. The van der Waals surface area contributed by atoms with Gasteiger partial charge in [0.05, 0.1) is 17.6 Å². The first-order valence-electron chi connectivity index (χ1n) is 9.14. The minimum absolute atomic E-state index is 0.0962. The van der Waals surface area contributed by atoms with Crippen LogP contribution in [0.1, 0.15) is 23.2 Å². The van der Waals surface area contributed by atoms with Crippen molar-refractivity contribution in [2.75, 3.05) is 53.4 Å². The molecule has 8 nitrogen and oxygen atoms in total. The molecule has 0 bridgehead atoms. The number of piperidine rings is 1. The smallest absolute Gasteiger partial charge is 0.312 e. The van der Waals surface area contributed by atoms with E-state index in [4.69, 9.17) is 4.74 Å². The van der Waals surface area contributed by atoms with Crippen LogP contribution in [0.4, 0.5) is 5.69 Å². The van der Waals surface area contributed by atoms with Crippen LogP contribution >= 0.6 is 15.9 Å². The molecule has 27 heavy (non-hydrogen) atoms. The summed E-state index contributed by atoms with van der Waals surface area (Å²) in [6.07, 6.45) is 1.91. The molecule has 2 heterocycles. The van der Waals surface area contributed by atoms with Crippen LogP contribution in [0.5, 0.6) is 5.75 Å². The molecule has 2 aliphatic heterocycles. The molecule has 2 aliphatic rings. The fourth-order valence-electron chi connectivity index (χ4n) is 3.80. The standard InChI is InChI=1S/C18H25BrN4O4/c1-20-7-9-21(10-8-20)13-3-5-22(6-4-13)18(24)14-11-17(27-2)16(23(25)26)12-15(14)19/h11-13H,3-10H2,1-2H3. The summed E-state index contributed by atoms with van der Waals surface area (Å²) in [7, 11) is 3.51. The summed E-state index contributed by atoms with van der Waals surface area (Å²) in [6.45, 7) is 5.74. The van der Waals surface area contributed by atoms with Crippen molar-refractivity contribution < 1.29 is 14.5 Å². The second-order valence-electron chi connectivity index (χ2n) is 7.12. The zero-order valence-electron chi connectivity index (χ0n) is 15.7. The summed E-state index contributed by atoms with van der Waals surface area (Å²) in [4.78, 5) is 30.3. The van der Waals surface area contributed by atoms with Crippen LogP contribution in [0.3, 0.4) is 0 Å². The lowest BCUT2D eigenvalue weighted by molar-refractivity contribution is -0.385. The van der Waals surface area contributed by atoms with Gasteiger partial charge in [-0.15, -0.1) is 0 Å². The number of nitro groups is 1. The third kappa shape index (κ3) is 4.41. The van der Waals surface area contributed by atoms with Gasteiger partial charge in [-0.1, -0.05) is 0 Å². The number of benzene rings is 1. The van der Waals surface area contributed by atoms with Crippen LogP contribution < -0.4 is 4.74 Å². The van der Waals surface area contributed by atoms with Gasteiger partial charge in [-0.25, -0.2) is 0 Å². The monoisotopic (exact) mass is 440 g/mol. The van der Waals surface area contributed by atoms with Crippen molar-refractivity contribution in [3.8, 4) is 5.75 Å². The van der Waals surface area contributed by atoms with E-state index in [9.17, 15) is 14.9 Å². The van der Waals surface area contributed by atoms with Gasteiger partial charge in [-0.2, -0.15) is 0 Å². The zero-order valence-corrected chi connectivity index (χ0v) is 17.3. The Bertz CT molecular complexity index is 714. The number of likely N-dealkylation sites (N-methyl/N-ethyl adjacent to an activating group) is 1. The molecule has 1 amide bonds. The molecule has 0 spiro atoms. The van der Waals surface area contributed by atoms with E-state index in [1.807, 2.05) is 4.90 Å². The van der Waals surface area contributed by atoms with E-state index < -0.39 is 4.92 Å². The molecule has 0 unspecified atom stereocenters. The number of carbonyl (C=O) groups excluding carboxylic acids is 1. The molecule has 0 aliphatic carbocycles. The quantitative estimate of drug-likeness (QED) is 0.527. The first-order valence-corrected chi connectivity index (χ1v) is 9.93. The van der Waals surface area contributed by atoms with Crippen LogP contribution in [0, 0.1) is 10.1 Å². The maximum Gasteiger partial charge on any atom is 0.312 e. The number of nitrogens with zero attached hydrogens (tertiary/aromatic N) is 4. The van der Waals surface area contributed by atoms with E-state index in [1.165, 1.54) is 19.2 Å². The fraction of sp³-hybridized carbons (Fsp3) is 0.611. The van der Waals surface area contributed by atoms with E-state index in [-0.39, 0.29) is 17.3 Å².